The maximum Gasteiger partial charge on any atom is 0.227 e. The lowest BCUT2D eigenvalue weighted by Gasteiger charge is -2.03. The molecule has 0 amide bonds. The van der Waals surface area contributed by atoms with Crippen LogP contribution in [-0.2, 0) is 0 Å². The molecule has 0 fully saturated rings. The van der Waals surface area contributed by atoms with E-state index < -0.39 is 0 Å². The third-order valence-electron chi connectivity index (χ3n) is 3.28. The van der Waals surface area contributed by atoms with Crippen LogP contribution in [-0.4, -0.2) is 11.6 Å². The quantitative estimate of drug-likeness (QED) is 0.561. The first kappa shape index (κ1) is 13.5. The number of unbranched alkanes of at least 4 members (excludes halogenated alkanes) is 1. The third kappa shape index (κ3) is 2.99. The number of rotatable bonds is 5. The first-order valence-electron chi connectivity index (χ1n) is 7.15. The predicted molar refractivity (Wildman–Crippen MR) is 84.3 cm³/mol. The molecule has 0 unspecified atom stereocenters. The van der Waals surface area contributed by atoms with Gasteiger partial charge in [-0.15, -0.1) is 0 Å². The minimum atomic E-state index is 0.593. The summed E-state index contributed by atoms with van der Waals surface area (Å²) in [4.78, 5) is 4.49. The van der Waals surface area contributed by atoms with Crippen molar-refractivity contribution >= 4 is 16.8 Å². The van der Waals surface area contributed by atoms with Crippen molar-refractivity contribution in [3.05, 3.63) is 42.5 Å². The van der Waals surface area contributed by atoms with Crippen LogP contribution in [0.25, 0.3) is 22.6 Å². The third-order valence-corrected chi connectivity index (χ3v) is 3.28. The van der Waals surface area contributed by atoms with Gasteiger partial charge in [-0.1, -0.05) is 13.3 Å². The average molecular weight is 282 g/mol. The largest absolute Gasteiger partial charge is 0.493 e. The lowest BCUT2D eigenvalue weighted by molar-refractivity contribution is 0.309. The summed E-state index contributed by atoms with van der Waals surface area (Å²) in [5.41, 5.74) is 8.88. The second-order valence-corrected chi connectivity index (χ2v) is 4.97. The van der Waals surface area contributed by atoms with Gasteiger partial charge in [0.25, 0.3) is 0 Å². The molecule has 0 aliphatic carbocycles. The summed E-state index contributed by atoms with van der Waals surface area (Å²) >= 11 is 0. The number of hydrogen-bond donors (Lipinski definition) is 1. The summed E-state index contributed by atoms with van der Waals surface area (Å²) in [6, 6.07) is 13.2. The molecule has 108 valence electrons. The van der Waals surface area contributed by atoms with Crippen LogP contribution in [0.5, 0.6) is 5.75 Å². The minimum Gasteiger partial charge on any atom is -0.493 e. The van der Waals surface area contributed by atoms with Crippen molar-refractivity contribution in [1.82, 2.24) is 4.98 Å². The predicted octanol–water partition coefficient (Wildman–Crippen LogP) is 4.26. The van der Waals surface area contributed by atoms with E-state index in [1.165, 1.54) is 0 Å². The van der Waals surface area contributed by atoms with Gasteiger partial charge < -0.3 is 14.9 Å². The van der Waals surface area contributed by atoms with Crippen LogP contribution in [0.3, 0.4) is 0 Å². The number of nitrogens with two attached hydrogens (primary N) is 1. The van der Waals surface area contributed by atoms with E-state index >= 15 is 0 Å². The van der Waals surface area contributed by atoms with Gasteiger partial charge in [-0.25, -0.2) is 4.98 Å². The molecule has 0 atom stereocenters. The number of aromatic nitrogens is 1. The molecule has 1 aromatic heterocycles. The number of benzene rings is 2. The molecule has 0 aliphatic rings. The first-order valence-corrected chi connectivity index (χ1v) is 7.15. The molecule has 2 aromatic carbocycles. The van der Waals surface area contributed by atoms with Gasteiger partial charge in [0.05, 0.1) is 6.61 Å². The van der Waals surface area contributed by atoms with Gasteiger partial charge in [-0.2, -0.15) is 0 Å². The zero-order valence-electron chi connectivity index (χ0n) is 12.0. The van der Waals surface area contributed by atoms with Gasteiger partial charge >= 0.3 is 0 Å². The van der Waals surface area contributed by atoms with Crippen LogP contribution in [0, 0.1) is 0 Å². The van der Waals surface area contributed by atoms with Gasteiger partial charge in [0.15, 0.2) is 5.58 Å². The number of fused-ring (bicyclic) bond motifs is 1. The molecule has 1 heterocycles. The van der Waals surface area contributed by atoms with Crippen molar-refractivity contribution in [2.24, 2.45) is 0 Å². The Morgan fingerprint density at radius 3 is 2.71 bits per heavy atom. The van der Waals surface area contributed by atoms with E-state index in [0.717, 1.165) is 47.5 Å². The van der Waals surface area contributed by atoms with Crippen LogP contribution in [0.4, 0.5) is 5.69 Å². The monoisotopic (exact) mass is 282 g/mol. The van der Waals surface area contributed by atoms with Crippen molar-refractivity contribution in [2.45, 2.75) is 19.8 Å². The first-order chi connectivity index (χ1) is 10.3. The second kappa shape index (κ2) is 5.87. The summed E-state index contributed by atoms with van der Waals surface area (Å²) < 4.78 is 11.5. The zero-order valence-corrected chi connectivity index (χ0v) is 12.0. The highest BCUT2D eigenvalue weighted by atomic mass is 16.5. The van der Waals surface area contributed by atoms with Crippen LogP contribution < -0.4 is 10.5 Å². The van der Waals surface area contributed by atoms with Crippen LogP contribution in [0.2, 0.25) is 0 Å². The summed E-state index contributed by atoms with van der Waals surface area (Å²) in [5, 5.41) is 0. The molecule has 3 aromatic rings. The Balaban J connectivity index is 1.87. The van der Waals surface area contributed by atoms with Crippen molar-refractivity contribution in [1.29, 1.82) is 0 Å². The second-order valence-electron chi connectivity index (χ2n) is 4.97. The molecule has 0 bridgehead atoms. The normalized spacial score (nSPS) is 10.9. The van der Waals surface area contributed by atoms with E-state index in [9.17, 15) is 0 Å². The molecule has 0 aliphatic heterocycles. The molecular formula is C17H18N2O2. The molecule has 0 saturated heterocycles. The van der Waals surface area contributed by atoms with E-state index in [0.29, 0.717) is 5.89 Å². The summed E-state index contributed by atoms with van der Waals surface area (Å²) in [7, 11) is 0. The minimum absolute atomic E-state index is 0.593. The summed E-state index contributed by atoms with van der Waals surface area (Å²) in [6.45, 7) is 2.86. The highest BCUT2D eigenvalue weighted by Crippen LogP contribution is 2.27. The highest BCUT2D eigenvalue weighted by molar-refractivity contribution is 5.77. The Bertz CT molecular complexity index is 732. The number of anilines is 1. The molecular weight excluding hydrogens is 264 g/mol. The molecule has 4 nitrogen and oxygen atoms in total. The lowest BCUT2D eigenvalue weighted by atomic mass is 10.2. The van der Waals surface area contributed by atoms with E-state index in [1.807, 2.05) is 42.5 Å². The van der Waals surface area contributed by atoms with Crippen LogP contribution in [0.1, 0.15) is 19.8 Å². The van der Waals surface area contributed by atoms with Crippen molar-refractivity contribution in [3.63, 3.8) is 0 Å². The maximum atomic E-state index is 5.81. The molecule has 0 spiro atoms. The Morgan fingerprint density at radius 1 is 1.14 bits per heavy atom. The highest BCUT2D eigenvalue weighted by Gasteiger charge is 2.09. The van der Waals surface area contributed by atoms with Crippen molar-refractivity contribution in [2.75, 3.05) is 12.3 Å². The van der Waals surface area contributed by atoms with Gasteiger partial charge in [0.1, 0.15) is 11.3 Å². The Labute approximate surface area is 123 Å². The fourth-order valence-corrected chi connectivity index (χ4v) is 2.08. The number of nitrogens with zero attached hydrogens (tertiary/aromatic N) is 1. The Hall–Kier alpha value is -2.49. The van der Waals surface area contributed by atoms with Crippen molar-refractivity contribution in [3.8, 4) is 17.2 Å². The molecule has 4 heteroatoms. The fraction of sp³-hybridized carbons (Fsp3) is 0.235. The number of ether oxygens (including phenoxy) is 1. The van der Waals surface area contributed by atoms with E-state index in [1.54, 1.807) is 0 Å². The number of hydrogen-bond acceptors (Lipinski definition) is 4. The van der Waals surface area contributed by atoms with Crippen LogP contribution >= 0.6 is 0 Å². The van der Waals surface area contributed by atoms with Crippen molar-refractivity contribution < 1.29 is 9.15 Å². The summed E-state index contributed by atoms with van der Waals surface area (Å²) in [6.07, 6.45) is 2.16. The standard InChI is InChI=1S/C17H18N2O2/c1-2-3-10-20-14-8-9-15-16(11-14)21-17(19-15)12-4-6-13(18)7-5-12/h4-9,11H,2-3,10,18H2,1H3. The number of oxazole rings is 1. The average Bonchev–Trinajstić information content (AvgIpc) is 2.91. The molecule has 2 N–H and O–H groups in total. The molecule has 0 radical (unpaired) electrons. The maximum absolute atomic E-state index is 5.81. The smallest absolute Gasteiger partial charge is 0.227 e. The topological polar surface area (TPSA) is 61.3 Å². The van der Waals surface area contributed by atoms with Gasteiger partial charge in [-0.3, -0.25) is 0 Å². The van der Waals surface area contributed by atoms with E-state index in [4.69, 9.17) is 14.9 Å². The number of nitrogen functional groups attached to an aromatic ring is 1. The van der Waals surface area contributed by atoms with Gasteiger partial charge in [0.2, 0.25) is 5.89 Å². The van der Waals surface area contributed by atoms with E-state index in [-0.39, 0.29) is 0 Å². The Kier molecular flexibility index (Phi) is 3.77. The SMILES string of the molecule is CCCCOc1ccc2nc(-c3ccc(N)cc3)oc2c1. The van der Waals surface area contributed by atoms with E-state index in [2.05, 4.69) is 11.9 Å². The Morgan fingerprint density at radius 2 is 1.95 bits per heavy atom. The lowest BCUT2D eigenvalue weighted by Crippen LogP contribution is -1.95. The van der Waals surface area contributed by atoms with Gasteiger partial charge in [0, 0.05) is 17.3 Å². The van der Waals surface area contributed by atoms with Gasteiger partial charge in [-0.05, 0) is 42.8 Å². The molecule has 3 rings (SSSR count). The molecule has 21 heavy (non-hydrogen) atoms. The molecule has 0 saturated carbocycles. The van der Waals surface area contributed by atoms with Crippen LogP contribution in [0.15, 0.2) is 46.9 Å². The summed E-state index contributed by atoms with van der Waals surface area (Å²) in [5.74, 6) is 1.41. The fourth-order valence-electron chi connectivity index (χ4n) is 2.08. The zero-order chi connectivity index (χ0) is 14.7.